The van der Waals surface area contributed by atoms with Gasteiger partial charge in [0.2, 0.25) is 5.95 Å². The lowest BCUT2D eigenvalue weighted by Gasteiger charge is -2.34. The molecule has 33 heavy (non-hydrogen) atoms. The second kappa shape index (κ2) is 9.79. The Morgan fingerprint density at radius 3 is 2.30 bits per heavy atom. The third-order valence-corrected chi connectivity index (χ3v) is 6.23. The Bertz CT molecular complexity index is 1060. The van der Waals surface area contributed by atoms with Gasteiger partial charge in [0.05, 0.1) is 0 Å². The van der Waals surface area contributed by atoms with Gasteiger partial charge in [0.15, 0.2) is 0 Å². The van der Waals surface area contributed by atoms with Crippen molar-refractivity contribution >= 4 is 28.8 Å². The van der Waals surface area contributed by atoms with Crippen molar-refractivity contribution in [1.29, 1.82) is 0 Å². The van der Waals surface area contributed by atoms with Crippen molar-refractivity contribution in [2.75, 3.05) is 48.8 Å². The molecule has 1 aliphatic rings. The lowest BCUT2D eigenvalue weighted by atomic mass is 9.87. The van der Waals surface area contributed by atoms with E-state index >= 15 is 0 Å². The first-order chi connectivity index (χ1) is 15.8. The molecule has 4 rings (SSSR count). The number of aromatic nitrogens is 2. The molecule has 1 aromatic heterocycles. The van der Waals surface area contributed by atoms with Gasteiger partial charge in [-0.3, -0.25) is 0 Å². The summed E-state index contributed by atoms with van der Waals surface area (Å²) in [6.45, 7) is 13.1. The van der Waals surface area contributed by atoms with Crippen LogP contribution in [0.3, 0.4) is 0 Å². The van der Waals surface area contributed by atoms with Gasteiger partial charge in [-0.15, -0.1) is 0 Å². The molecule has 0 aliphatic carbocycles. The Hall–Kier alpha value is -3.12. The number of nitrogens with one attached hydrogen (secondary N) is 2. The van der Waals surface area contributed by atoms with E-state index in [2.05, 4.69) is 109 Å². The molecule has 2 N–H and O–H groups in total. The summed E-state index contributed by atoms with van der Waals surface area (Å²) in [7, 11) is 2.18. The van der Waals surface area contributed by atoms with Gasteiger partial charge in [0.25, 0.3) is 0 Å². The number of anilines is 5. The van der Waals surface area contributed by atoms with Crippen LogP contribution in [0.4, 0.5) is 28.8 Å². The lowest BCUT2D eigenvalue weighted by molar-refractivity contribution is 0.313. The van der Waals surface area contributed by atoms with Gasteiger partial charge >= 0.3 is 0 Å². The summed E-state index contributed by atoms with van der Waals surface area (Å²) in [5.41, 5.74) is 5.76. The molecule has 1 fully saturated rings. The van der Waals surface area contributed by atoms with Crippen LogP contribution >= 0.6 is 0 Å². The first-order valence-electron chi connectivity index (χ1n) is 11.9. The van der Waals surface area contributed by atoms with Gasteiger partial charge in [-0.1, -0.05) is 39.8 Å². The van der Waals surface area contributed by atoms with Crippen molar-refractivity contribution in [1.82, 2.24) is 14.9 Å². The van der Waals surface area contributed by atoms with E-state index < -0.39 is 0 Å². The molecule has 0 radical (unpaired) electrons. The first kappa shape index (κ1) is 23.1. The quantitative estimate of drug-likeness (QED) is 0.518. The summed E-state index contributed by atoms with van der Waals surface area (Å²) in [5.74, 6) is 1.43. The summed E-state index contributed by atoms with van der Waals surface area (Å²) in [6.07, 6.45) is 2.77. The van der Waals surface area contributed by atoms with Gasteiger partial charge in [-0.05, 0) is 60.8 Å². The molecule has 3 aromatic rings. The summed E-state index contributed by atoms with van der Waals surface area (Å²) < 4.78 is 0. The molecule has 6 heteroatoms. The first-order valence-corrected chi connectivity index (χ1v) is 11.9. The van der Waals surface area contributed by atoms with Crippen LogP contribution in [0.1, 0.15) is 38.8 Å². The maximum atomic E-state index is 4.80. The number of hydrogen-bond donors (Lipinski definition) is 2. The van der Waals surface area contributed by atoms with Crippen molar-refractivity contribution in [3.63, 3.8) is 0 Å². The molecule has 0 saturated carbocycles. The van der Waals surface area contributed by atoms with Crippen LogP contribution in [0, 0.1) is 0 Å². The Balaban J connectivity index is 1.49. The highest BCUT2D eigenvalue weighted by Crippen LogP contribution is 2.28. The van der Waals surface area contributed by atoms with Crippen LogP contribution in [0.25, 0.3) is 0 Å². The van der Waals surface area contributed by atoms with Crippen molar-refractivity contribution in [2.45, 2.75) is 39.5 Å². The van der Waals surface area contributed by atoms with Crippen molar-refractivity contribution in [3.8, 4) is 0 Å². The van der Waals surface area contributed by atoms with E-state index in [1.807, 2.05) is 6.20 Å². The lowest BCUT2D eigenvalue weighted by Crippen LogP contribution is -2.44. The predicted molar refractivity (Wildman–Crippen MR) is 139 cm³/mol. The largest absolute Gasteiger partial charge is 0.369 e. The third kappa shape index (κ3) is 5.82. The van der Waals surface area contributed by atoms with E-state index in [9.17, 15) is 0 Å². The molecule has 2 aromatic carbocycles. The molecular weight excluding hydrogens is 408 g/mol. The average molecular weight is 445 g/mol. The monoisotopic (exact) mass is 444 g/mol. The fraction of sp³-hybridized carbons (Fsp3) is 0.407. The minimum atomic E-state index is 0.0972. The fourth-order valence-corrected chi connectivity index (χ4v) is 3.98. The Morgan fingerprint density at radius 2 is 1.64 bits per heavy atom. The van der Waals surface area contributed by atoms with Gasteiger partial charge in [-0.2, -0.15) is 4.98 Å². The van der Waals surface area contributed by atoms with E-state index in [4.69, 9.17) is 4.98 Å². The minimum absolute atomic E-state index is 0.0972. The van der Waals surface area contributed by atoms with Crippen LogP contribution in [-0.2, 0) is 11.8 Å². The average Bonchev–Trinajstić information content (AvgIpc) is 2.80. The summed E-state index contributed by atoms with van der Waals surface area (Å²) in [6, 6.07) is 17.1. The number of hydrogen-bond acceptors (Lipinski definition) is 6. The zero-order valence-corrected chi connectivity index (χ0v) is 20.5. The van der Waals surface area contributed by atoms with E-state index in [-0.39, 0.29) is 5.41 Å². The van der Waals surface area contributed by atoms with E-state index in [0.717, 1.165) is 55.4 Å². The molecule has 2 heterocycles. The van der Waals surface area contributed by atoms with Gasteiger partial charge < -0.3 is 20.4 Å². The van der Waals surface area contributed by atoms with Gasteiger partial charge in [0, 0.05) is 55.0 Å². The normalized spacial score (nSPS) is 14.9. The van der Waals surface area contributed by atoms with Crippen LogP contribution < -0.4 is 15.5 Å². The van der Waals surface area contributed by atoms with Gasteiger partial charge in [-0.25, -0.2) is 4.98 Å². The number of nitrogens with zero attached hydrogens (tertiary/aromatic N) is 4. The number of aryl methyl sites for hydroxylation is 1. The number of benzene rings is 2. The molecule has 0 bridgehead atoms. The van der Waals surface area contributed by atoms with Crippen molar-refractivity contribution < 1.29 is 0 Å². The smallest absolute Gasteiger partial charge is 0.229 e. The maximum Gasteiger partial charge on any atom is 0.229 e. The Morgan fingerprint density at radius 1 is 0.909 bits per heavy atom. The molecule has 0 unspecified atom stereocenters. The molecule has 0 spiro atoms. The predicted octanol–water partition coefficient (Wildman–Crippen LogP) is 5.58. The highest BCUT2D eigenvalue weighted by molar-refractivity contribution is 5.64. The molecule has 174 valence electrons. The Kier molecular flexibility index (Phi) is 6.84. The molecule has 0 atom stereocenters. The Labute approximate surface area is 198 Å². The molecule has 1 aliphatic heterocycles. The van der Waals surface area contributed by atoms with Crippen LogP contribution in [0.15, 0.2) is 54.7 Å². The second-order valence-corrected chi connectivity index (χ2v) is 9.84. The fourth-order valence-electron chi connectivity index (χ4n) is 3.98. The topological polar surface area (TPSA) is 56.3 Å². The van der Waals surface area contributed by atoms with Crippen LogP contribution in [0.5, 0.6) is 0 Å². The highest BCUT2D eigenvalue weighted by atomic mass is 15.2. The number of likely N-dealkylation sites (N-methyl/N-ethyl adjacent to an activating group) is 1. The summed E-state index contributed by atoms with van der Waals surface area (Å²) in [5, 5.41) is 6.88. The third-order valence-electron chi connectivity index (χ3n) is 6.23. The second-order valence-electron chi connectivity index (χ2n) is 9.84. The zero-order chi connectivity index (χ0) is 23.4. The molecule has 0 amide bonds. The SMILES string of the molecule is CCc1cnc(Nc2ccc(N3CCN(C)CC3)cc2)nc1Nc1cccc(C(C)(C)C)c1. The van der Waals surface area contributed by atoms with Crippen LogP contribution in [0.2, 0.25) is 0 Å². The summed E-state index contributed by atoms with van der Waals surface area (Å²) in [4.78, 5) is 14.1. The molecular formula is C27H36N6. The number of piperazine rings is 1. The minimum Gasteiger partial charge on any atom is -0.369 e. The van der Waals surface area contributed by atoms with Crippen LogP contribution in [-0.4, -0.2) is 48.1 Å². The highest BCUT2D eigenvalue weighted by Gasteiger charge is 2.15. The number of rotatable bonds is 6. The maximum absolute atomic E-state index is 4.80. The zero-order valence-electron chi connectivity index (χ0n) is 20.5. The summed E-state index contributed by atoms with van der Waals surface area (Å²) >= 11 is 0. The van der Waals surface area contributed by atoms with E-state index in [0.29, 0.717) is 5.95 Å². The standard InChI is InChI=1S/C27H36N6/c1-6-20-19-28-26(31-25(20)29-23-9-7-8-21(18-23)27(2,3)4)30-22-10-12-24(13-11-22)33-16-14-32(5)15-17-33/h7-13,18-19H,6,14-17H2,1-5H3,(H2,28,29,30,31). The van der Waals surface area contributed by atoms with Crippen molar-refractivity contribution in [3.05, 3.63) is 65.9 Å². The van der Waals surface area contributed by atoms with E-state index in [1.54, 1.807) is 0 Å². The van der Waals surface area contributed by atoms with Crippen molar-refractivity contribution in [2.24, 2.45) is 0 Å². The van der Waals surface area contributed by atoms with E-state index in [1.165, 1.54) is 11.3 Å². The van der Waals surface area contributed by atoms with Gasteiger partial charge in [0.1, 0.15) is 5.82 Å². The molecule has 1 saturated heterocycles. The molecule has 6 nitrogen and oxygen atoms in total.